The van der Waals surface area contributed by atoms with E-state index in [-0.39, 0.29) is 11.6 Å². The van der Waals surface area contributed by atoms with Crippen LogP contribution in [0, 0.1) is 13.8 Å². The third kappa shape index (κ3) is 4.38. The molecule has 0 spiro atoms. The van der Waals surface area contributed by atoms with Crippen LogP contribution in [0.3, 0.4) is 0 Å². The van der Waals surface area contributed by atoms with Gasteiger partial charge in [0.15, 0.2) is 0 Å². The highest BCUT2D eigenvalue weighted by Gasteiger charge is 2.40. The average Bonchev–Trinajstić information content (AvgIpc) is 3.01. The molecular weight excluding hydrogens is 444 g/mol. The Morgan fingerprint density at radius 3 is 2.22 bits per heavy atom. The monoisotopic (exact) mass is 464 g/mol. The summed E-state index contributed by atoms with van der Waals surface area (Å²) in [6, 6.07) is 20.0. The van der Waals surface area contributed by atoms with Gasteiger partial charge in [0.2, 0.25) is 0 Å². The first kappa shape index (κ1) is 22.0. The number of nitrogens with one attached hydrogen (secondary N) is 1. The van der Waals surface area contributed by atoms with Crippen molar-refractivity contribution in [3.63, 3.8) is 0 Å². The molecule has 0 saturated carbocycles. The van der Waals surface area contributed by atoms with E-state index in [0.29, 0.717) is 27.1 Å². The quantitative estimate of drug-likeness (QED) is 0.456. The number of nitrogens with zero attached hydrogens (tertiary/aromatic N) is 1. The molecule has 0 saturated heterocycles. The lowest BCUT2D eigenvalue weighted by Gasteiger charge is -2.16. The van der Waals surface area contributed by atoms with E-state index in [0.717, 1.165) is 16.0 Å². The normalized spacial score (nSPS) is 13.7. The van der Waals surface area contributed by atoms with Crippen molar-refractivity contribution in [3.8, 4) is 5.75 Å². The highest BCUT2D eigenvalue weighted by atomic mass is 35.5. The van der Waals surface area contributed by atoms with Gasteiger partial charge in [-0.25, -0.2) is 4.90 Å². The van der Waals surface area contributed by atoms with Crippen LogP contribution in [0.2, 0.25) is 5.02 Å². The fourth-order valence-electron chi connectivity index (χ4n) is 3.31. The topological polar surface area (TPSA) is 58.6 Å². The Morgan fingerprint density at radius 1 is 0.906 bits per heavy atom. The fraction of sp³-hybridized carbons (Fsp3) is 0.120. The summed E-state index contributed by atoms with van der Waals surface area (Å²) in [4.78, 5) is 29.2. The van der Waals surface area contributed by atoms with Gasteiger partial charge in [-0.05, 0) is 74.0 Å². The van der Waals surface area contributed by atoms with E-state index < -0.39 is 5.91 Å². The summed E-state index contributed by atoms with van der Waals surface area (Å²) in [7, 11) is 1.56. The van der Waals surface area contributed by atoms with E-state index in [9.17, 15) is 9.59 Å². The van der Waals surface area contributed by atoms with Crippen molar-refractivity contribution in [2.45, 2.75) is 18.7 Å². The highest BCUT2D eigenvalue weighted by Crippen LogP contribution is 2.38. The number of halogens is 1. The molecule has 5 nitrogen and oxygen atoms in total. The minimum Gasteiger partial charge on any atom is -0.497 e. The molecule has 0 atom stereocenters. The molecule has 3 aromatic carbocycles. The van der Waals surface area contributed by atoms with Gasteiger partial charge in [0.25, 0.3) is 11.8 Å². The van der Waals surface area contributed by atoms with Gasteiger partial charge in [-0.1, -0.05) is 41.1 Å². The van der Waals surface area contributed by atoms with Gasteiger partial charge in [0, 0.05) is 15.6 Å². The van der Waals surface area contributed by atoms with Gasteiger partial charge >= 0.3 is 0 Å². The van der Waals surface area contributed by atoms with Gasteiger partial charge in [-0.3, -0.25) is 9.59 Å². The second kappa shape index (κ2) is 9.10. The number of ether oxygens (including phenoxy) is 1. The molecule has 162 valence electrons. The summed E-state index contributed by atoms with van der Waals surface area (Å²) in [6.07, 6.45) is 0. The second-order valence-electron chi connectivity index (χ2n) is 7.35. The third-order valence-corrected chi connectivity index (χ3v) is 6.39. The number of amides is 2. The number of aryl methyl sites for hydroxylation is 2. The van der Waals surface area contributed by atoms with Gasteiger partial charge in [0.1, 0.15) is 16.4 Å². The van der Waals surface area contributed by atoms with Crippen molar-refractivity contribution < 1.29 is 14.3 Å². The predicted molar refractivity (Wildman–Crippen MR) is 129 cm³/mol. The van der Waals surface area contributed by atoms with E-state index in [2.05, 4.69) is 5.32 Å². The molecule has 7 heteroatoms. The molecule has 0 aromatic heterocycles. The zero-order chi connectivity index (χ0) is 22.8. The number of anilines is 2. The number of methoxy groups -OCH3 is 1. The number of hydrogen-bond acceptors (Lipinski definition) is 5. The first-order valence-corrected chi connectivity index (χ1v) is 11.1. The molecule has 1 N–H and O–H groups in total. The molecule has 1 aliphatic heterocycles. The molecular formula is C25H21ClN2O3S. The Morgan fingerprint density at radius 2 is 1.59 bits per heavy atom. The number of thioether (sulfide) groups is 1. The van der Waals surface area contributed by atoms with Crippen molar-refractivity contribution in [3.05, 3.63) is 93.5 Å². The lowest BCUT2D eigenvalue weighted by Crippen LogP contribution is -2.32. The summed E-state index contributed by atoms with van der Waals surface area (Å²) >= 11 is 7.35. The average molecular weight is 465 g/mol. The Balaban J connectivity index is 1.74. The van der Waals surface area contributed by atoms with Crippen LogP contribution in [0.1, 0.15) is 11.1 Å². The molecule has 0 bridgehead atoms. The van der Waals surface area contributed by atoms with Crippen molar-refractivity contribution in [1.82, 2.24) is 0 Å². The number of benzene rings is 3. The number of carbonyl (C=O) groups excluding carboxylic acids is 2. The van der Waals surface area contributed by atoms with E-state index in [4.69, 9.17) is 16.3 Å². The lowest BCUT2D eigenvalue weighted by atomic mass is 10.2. The number of imide groups is 1. The molecule has 0 aliphatic carbocycles. The molecule has 2 amide bonds. The lowest BCUT2D eigenvalue weighted by molar-refractivity contribution is -0.120. The van der Waals surface area contributed by atoms with Crippen molar-refractivity contribution in [2.75, 3.05) is 17.3 Å². The number of rotatable bonds is 6. The summed E-state index contributed by atoms with van der Waals surface area (Å²) < 4.78 is 5.19. The molecule has 3 aromatic rings. The van der Waals surface area contributed by atoms with Crippen LogP contribution in [-0.4, -0.2) is 18.9 Å². The van der Waals surface area contributed by atoms with Crippen molar-refractivity contribution in [2.24, 2.45) is 0 Å². The first-order chi connectivity index (χ1) is 15.4. The van der Waals surface area contributed by atoms with E-state index >= 15 is 0 Å². The Labute approximate surface area is 196 Å². The Hall–Kier alpha value is -3.22. The molecule has 0 radical (unpaired) electrons. The maximum absolute atomic E-state index is 13.4. The minimum absolute atomic E-state index is 0.238. The molecule has 0 unspecified atom stereocenters. The second-order valence-corrected chi connectivity index (χ2v) is 8.87. The van der Waals surface area contributed by atoms with Gasteiger partial charge in [-0.15, -0.1) is 0 Å². The Bertz CT molecular complexity index is 1220. The van der Waals surface area contributed by atoms with Crippen molar-refractivity contribution in [1.29, 1.82) is 0 Å². The number of carbonyl (C=O) groups is 2. The summed E-state index contributed by atoms with van der Waals surface area (Å²) in [5, 5.41) is 3.79. The van der Waals surface area contributed by atoms with E-state index in [1.807, 2.05) is 38.1 Å². The van der Waals surface area contributed by atoms with Crippen LogP contribution in [0.5, 0.6) is 5.75 Å². The third-order valence-electron chi connectivity index (χ3n) is 5.06. The van der Waals surface area contributed by atoms with Gasteiger partial charge in [-0.2, -0.15) is 0 Å². The van der Waals surface area contributed by atoms with Gasteiger partial charge in [0.05, 0.1) is 12.8 Å². The van der Waals surface area contributed by atoms with Crippen molar-refractivity contribution >= 4 is 46.6 Å². The predicted octanol–water partition coefficient (Wildman–Crippen LogP) is 5.95. The zero-order valence-corrected chi connectivity index (χ0v) is 19.4. The maximum Gasteiger partial charge on any atom is 0.283 e. The molecule has 1 aliphatic rings. The van der Waals surface area contributed by atoms with Crippen LogP contribution < -0.4 is 15.0 Å². The van der Waals surface area contributed by atoms with E-state index in [1.54, 1.807) is 49.6 Å². The summed E-state index contributed by atoms with van der Waals surface area (Å²) in [5.41, 5.74) is 3.42. The summed E-state index contributed by atoms with van der Waals surface area (Å²) in [5.74, 6) is -0.144. The van der Waals surface area contributed by atoms with Crippen LogP contribution in [-0.2, 0) is 9.59 Å². The summed E-state index contributed by atoms with van der Waals surface area (Å²) in [6.45, 7) is 3.89. The Kier molecular flexibility index (Phi) is 6.26. The smallest absolute Gasteiger partial charge is 0.283 e. The molecule has 0 fully saturated rings. The largest absolute Gasteiger partial charge is 0.497 e. The van der Waals surface area contributed by atoms with Gasteiger partial charge < -0.3 is 10.1 Å². The SMILES string of the molecule is COc1ccc(N2C(=O)C(Nc3ccc(Cl)cc3C)=C(Sc3ccc(C)cc3)C2=O)cc1. The van der Waals surface area contributed by atoms with Crippen LogP contribution >= 0.6 is 23.4 Å². The molecule has 1 heterocycles. The standard InChI is InChI=1S/C25H21ClN2O3S/c1-15-4-11-20(12-5-15)32-23-22(27-21-13-6-17(26)14-16(21)2)24(29)28(25(23)30)18-7-9-19(31-3)10-8-18/h4-14,27H,1-3H3. The minimum atomic E-state index is -0.413. The zero-order valence-electron chi connectivity index (χ0n) is 17.8. The van der Waals surface area contributed by atoms with Crippen LogP contribution in [0.25, 0.3) is 0 Å². The fourth-order valence-corrected chi connectivity index (χ4v) is 4.46. The number of hydrogen-bond donors (Lipinski definition) is 1. The van der Waals surface area contributed by atoms with E-state index in [1.165, 1.54) is 16.7 Å². The highest BCUT2D eigenvalue weighted by molar-refractivity contribution is 8.04. The first-order valence-electron chi connectivity index (χ1n) is 9.92. The van der Waals surface area contributed by atoms with Crippen LogP contribution in [0.15, 0.2) is 82.2 Å². The molecule has 32 heavy (non-hydrogen) atoms. The maximum atomic E-state index is 13.4. The van der Waals surface area contributed by atoms with Crippen LogP contribution in [0.4, 0.5) is 11.4 Å². The molecule has 4 rings (SSSR count).